The van der Waals surface area contributed by atoms with Crippen molar-refractivity contribution in [1.82, 2.24) is 24.8 Å². The fourth-order valence-electron chi connectivity index (χ4n) is 5.07. The Morgan fingerprint density at radius 3 is 2.63 bits per heavy atom. The van der Waals surface area contributed by atoms with E-state index >= 15 is 0 Å². The van der Waals surface area contributed by atoms with Gasteiger partial charge in [-0.15, -0.1) is 11.3 Å². The molecule has 2 aliphatic heterocycles. The van der Waals surface area contributed by atoms with E-state index in [9.17, 15) is 4.79 Å². The molecule has 3 aromatic heterocycles. The number of H-pyrrole nitrogens is 1. The van der Waals surface area contributed by atoms with Crippen LogP contribution in [-0.4, -0.2) is 88.9 Å². The van der Waals surface area contributed by atoms with Gasteiger partial charge in [-0.05, 0) is 39.0 Å². The minimum atomic E-state index is -0.476. The molecule has 2 fully saturated rings. The summed E-state index contributed by atoms with van der Waals surface area (Å²) in [6.07, 6.45) is 1.73. The Kier molecular flexibility index (Phi) is 6.71. The molecule has 200 valence electrons. The summed E-state index contributed by atoms with van der Waals surface area (Å²) in [5.41, 5.74) is 2.62. The van der Waals surface area contributed by atoms with Gasteiger partial charge in [0.05, 0.1) is 23.4 Å². The second-order valence-electron chi connectivity index (χ2n) is 10.9. The summed E-state index contributed by atoms with van der Waals surface area (Å²) < 4.78 is 12.3. The lowest BCUT2D eigenvalue weighted by atomic mass is 10.1. The van der Waals surface area contributed by atoms with E-state index in [0.717, 1.165) is 71.0 Å². The predicted octanol–water partition coefficient (Wildman–Crippen LogP) is 4.73. The van der Waals surface area contributed by atoms with Crippen LogP contribution in [-0.2, 0) is 16.0 Å². The number of ether oxygens (including phenoxy) is 2. The number of morpholine rings is 1. The summed E-state index contributed by atoms with van der Waals surface area (Å²) in [5, 5.41) is 1.12. The van der Waals surface area contributed by atoms with E-state index in [0.29, 0.717) is 26.3 Å². The van der Waals surface area contributed by atoms with E-state index in [1.165, 1.54) is 4.88 Å². The summed E-state index contributed by atoms with van der Waals surface area (Å²) in [4.78, 5) is 33.7. The van der Waals surface area contributed by atoms with E-state index in [1.807, 2.05) is 37.9 Å². The molecule has 0 spiro atoms. The van der Waals surface area contributed by atoms with Crippen molar-refractivity contribution < 1.29 is 14.3 Å². The van der Waals surface area contributed by atoms with Crippen LogP contribution in [0.5, 0.6) is 0 Å². The zero-order valence-electron chi connectivity index (χ0n) is 22.2. The van der Waals surface area contributed by atoms with Crippen LogP contribution >= 0.6 is 11.3 Å². The summed E-state index contributed by atoms with van der Waals surface area (Å²) in [7, 11) is 0. The molecule has 6 rings (SSSR count). The third-order valence-corrected chi connectivity index (χ3v) is 8.06. The number of anilines is 1. The Labute approximate surface area is 226 Å². The van der Waals surface area contributed by atoms with Gasteiger partial charge in [-0.25, -0.2) is 14.8 Å². The maximum Gasteiger partial charge on any atom is 0.410 e. The third kappa shape index (κ3) is 5.21. The number of benzene rings is 1. The Balaban J connectivity index is 1.27. The molecule has 0 atom stereocenters. The molecule has 5 heterocycles. The highest BCUT2D eigenvalue weighted by Gasteiger charge is 2.27. The zero-order valence-corrected chi connectivity index (χ0v) is 23.0. The number of nitrogens with zero attached hydrogens (tertiary/aromatic N) is 5. The Hall–Kier alpha value is -3.21. The summed E-state index contributed by atoms with van der Waals surface area (Å²) in [5.74, 6) is 1.74. The number of rotatable bonds is 4. The lowest BCUT2D eigenvalue weighted by Crippen LogP contribution is -2.49. The number of aromatic amines is 1. The number of fused-ring (bicyclic) bond motifs is 2. The molecule has 2 aliphatic rings. The molecule has 0 bridgehead atoms. The number of amides is 1. The lowest BCUT2D eigenvalue weighted by Gasteiger charge is -2.35. The van der Waals surface area contributed by atoms with Gasteiger partial charge in [-0.2, -0.15) is 0 Å². The molecule has 0 unspecified atom stereocenters. The highest BCUT2D eigenvalue weighted by Crippen LogP contribution is 2.36. The molecule has 38 heavy (non-hydrogen) atoms. The second-order valence-corrected chi connectivity index (χ2v) is 12.0. The first-order valence-corrected chi connectivity index (χ1v) is 14.1. The van der Waals surface area contributed by atoms with Crippen LogP contribution < -0.4 is 4.90 Å². The van der Waals surface area contributed by atoms with E-state index in [1.54, 1.807) is 11.3 Å². The Morgan fingerprint density at radius 1 is 1.08 bits per heavy atom. The van der Waals surface area contributed by atoms with Crippen LogP contribution in [0.4, 0.5) is 10.6 Å². The maximum absolute atomic E-state index is 12.5. The van der Waals surface area contributed by atoms with Gasteiger partial charge in [0, 0.05) is 73.4 Å². The number of aromatic nitrogens is 3. The van der Waals surface area contributed by atoms with Gasteiger partial charge in [0.1, 0.15) is 5.60 Å². The average molecular weight is 535 g/mol. The van der Waals surface area contributed by atoms with Crippen LogP contribution in [0.2, 0.25) is 0 Å². The van der Waals surface area contributed by atoms with Crippen molar-refractivity contribution in [3.05, 3.63) is 41.4 Å². The van der Waals surface area contributed by atoms with Crippen LogP contribution in [0, 0.1) is 0 Å². The quantitative estimate of drug-likeness (QED) is 0.405. The SMILES string of the molecule is CC(C)(C)OC(=O)N1CCN(Cc2cc3nc(-c4cccc5[nH]ccc45)nc(N4CCOCC4)c3s2)CC1. The number of hydrogen-bond donors (Lipinski definition) is 1. The van der Waals surface area contributed by atoms with Gasteiger partial charge >= 0.3 is 6.09 Å². The minimum absolute atomic E-state index is 0.227. The van der Waals surface area contributed by atoms with Gasteiger partial charge in [-0.3, -0.25) is 4.90 Å². The van der Waals surface area contributed by atoms with E-state index < -0.39 is 5.60 Å². The normalized spacial score (nSPS) is 17.4. The molecule has 9 nitrogen and oxygen atoms in total. The van der Waals surface area contributed by atoms with E-state index in [4.69, 9.17) is 19.4 Å². The van der Waals surface area contributed by atoms with Crippen LogP contribution in [0.1, 0.15) is 25.6 Å². The molecule has 0 radical (unpaired) electrons. The van der Waals surface area contributed by atoms with E-state index in [2.05, 4.69) is 39.0 Å². The molecule has 0 saturated carbocycles. The number of carbonyl (C=O) groups is 1. The fraction of sp³-hybridized carbons (Fsp3) is 0.464. The number of thiophene rings is 1. The minimum Gasteiger partial charge on any atom is -0.444 e. The largest absolute Gasteiger partial charge is 0.444 e. The van der Waals surface area contributed by atoms with Crippen molar-refractivity contribution in [2.24, 2.45) is 0 Å². The fourth-order valence-corrected chi connectivity index (χ4v) is 6.22. The van der Waals surface area contributed by atoms with Gasteiger partial charge in [0.15, 0.2) is 11.6 Å². The monoisotopic (exact) mass is 534 g/mol. The van der Waals surface area contributed by atoms with E-state index in [-0.39, 0.29) is 6.09 Å². The van der Waals surface area contributed by atoms with Gasteiger partial charge < -0.3 is 24.3 Å². The molecule has 0 aliphatic carbocycles. The molecular formula is C28H34N6O3S. The Morgan fingerprint density at radius 2 is 1.87 bits per heavy atom. The Bertz CT molecular complexity index is 1440. The van der Waals surface area contributed by atoms with Crippen molar-refractivity contribution >= 4 is 44.4 Å². The van der Waals surface area contributed by atoms with Crippen molar-refractivity contribution in [3.63, 3.8) is 0 Å². The van der Waals surface area contributed by atoms with Gasteiger partial charge in [-0.1, -0.05) is 12.1 Å². The molecule has 1 amide bonds. The third-order valence-electron chi connectivity index (χ3n) is 6.95. The number of nitrogens with one attached hydrogen (secondary N) is 1. The molecule has 1 N–H and O–H groups in total. The number of piperazine rings is 1. The average Bonchev–Trinajstić information content (AvgIpc) is 3.54. The van der Waals surface area contributed by atoms with Crippen LogP contribution in [0.15, 0.2) is 36.5 Å². The van der Waals surface area contributed by atoms with Crippen molar-refractivity contribution in [3.8, 4) is 11.4 Å². The molecule has 4 aromatic rings. The first kappa shape index (κ1) is 25.1. The standard InChI is InChI=1S/C28H34N6O3S/c1-28(2,3)37-27(35)34-11-9-32(10-12-34)18-19-17-23-24(38-19)26(33-13-15-36-16-14-33)31-25(30-23)21-5-4-6-22-20(21)7-8-29-22/h4-8,17,29H,9-16,18H2,1-3H3. The highest BCUT2D eigenvalue weighted by atomic mass is 32.1. The molecule has 1 aromatic carbocycles. The maximum atomic E-state index is 12.5. The van der Waals surface area contributed by atoms with Crippen molar-refractivity contribution in [1.29, 1.82) is 0 Å². The lowest BCUT2D eigenvalue weighted by molar-refractivity contribution is 0.0140. The first-order valence-electron chi connectivity index (χ1n) is 13.2. The number of carbonyl (C=O) groups excluding carboxylic acids is 1. The zero-order chi connectivity index (χ0) is 26.3. The van der Waals surface area contributed by atoms with Crippen LogP contribution in [0.3, 0.4) is 0 Å². The van der Waals surface area contributed by atoms with Crippen molar-refractivity contribution in [2.45, 2.75) is 32.9 Å². The van der Waals surface area contributed by atoms with Crippen LogP contribution in [0.25, 0.3) is 32.5 Å². The summed E-state index contributed by atoms with van der Waals surface area (Å²) >= 11 is 1.77. The smallest absolute Gasteiger partial charge is 0.410 e. The summed E-state index contributed by atoms with van der Waals surface area (Å²) in [6.45, 7) is 12.6. The topological polar surface area (TPSA) is 86.8 Å². The van der Waals surface area contributed by atoms with Gasteiger partial charge in [0.2, 0.25) is 0 Å². The highest BCUT2D eigenvalue weighted by molar-refractivity contribution is 7.19. The molecule has 10 heteroatoms. The van der Waals surface area contributed by atoms with Gasteiger partial charge in [0.25, 0.3) is 0 Å². The second kappa shape index (κ2) is 10.2. The molecule has 2 saturated heterocycles. The first-order chi connectivity index (χ1) is 18.3. The van der Waals surface area contributed by atoms with Crippen molar-refractivity contribution in [2.75, 3.05) is 57.4 Å². The molecular weight excluding hydrogens is 500 g/mol. The predicted molar refractivity (Wildman–Crippen MR) is 151 cm³/mol. The summed E-state index contributed by atoms with van der Waals surface area (Å²) in [6, 6.07) is 10.5. The number of hydrogen-bond acceptors (Lipinski definition) is 8.